The Balaban J connectivity index is 1.82. The predicted molar refractivity (Wildman–Crippen MR) is 107 cm³/mol. The van der Waals surface area contributed by atoms with Crippen molar-refractivity contribution in [2.45, 2.75) is 26.2 Å². The van der Waals surface area contributed by atoms with Crippen LogP contribution in [-0.2, 0) is 6.42 Å². The van der Waals surface area contributed by atoms with Crippen molar-refractivity contribution in [2.24, 2.45) is 0 Å². The lowest BCUT2D eigenvalue weighted by molar-refractivity contribution is 0.228. The molecule has 0 aliphatic carbocycles. The average molecular weight is 407 g/mol. The normalized spacial score (nSPS) is 11.0. The van der Waals surface area contributed by atoms with Crippen LogP contribution in [-0.4, -0.2) is 28.5 Å². The first-order valence-electron chi connectivity index (χ1n) is 8.78. The summed E-state index contributed by atoms with van der Waals surface area (Å²) >= 11 is 7.66. The minimum Gasteiger partial charge on any atom is -0.490 e. The number of benzene rings is 2. The zero-order chi connectivity index (χ0) is 19.2. The molecule has 0 aliphatic heterocycles. The van der Waals surface area contributed by atoms with Gasteiger partial charge in [0.1, 0.15) is 10.0 Å². The largest absolute Gasteiger partial charge is 0.490 e. The second-order valence-corrected chi connectivity index (χ2v) is 7.43. The van der Waals surface area contributed by atoms with Crippen molar-refractivity contribution < 1.29 is 14.2 Å². The lowest BCUT2D eigenvalue weighted by Crippen LogP contribution is -2.01. The topological polar surface area (TPSA) is 55.2 Å². The minimum absolute atomic E-state index is 0.0135. The van der Waals surface area contributed by atoms with Gasteiger partial charge in [0, 0.05) is 30.2 Å². The van der Waals surface area contributed by atoms with Crippen LogP contribution in [0.4, 0.5) is 4.39 Å². The standard InChI is InChI=1S/C20H20ClFN2O2S/c1-2-4-13-5-7-14(8-6-13)19-23-24-20(27-19)15-11-17(22)18(12-16(15)21)26-10-3-9-25/h5-8,11-12,25H,2-4,9-10H2,1H3. The van der Waals surface area contributed by atoms with Crippen LogP contribution in [0.2, 0.25) is 5.02 Å². The Hall–Kier alpha value is -2.02. The predicted octanol–water partition coefficient (Wildman–Crippen LogP) is 5.38. The smallest absolute Gasteiger partial charge is 0.165 e. The van der Waals surface area contributed by atoms with E-state index in [1.54, 1.807) is 0 Å². The monoisotopic (exact) mass is 406 g/mol. The van der Waals surface area contributed by atoms with Crippen LogP contribution in [0.25, 0.3) is 21.1 Å². The van der Waals surface area contributed by atoms with Gasteiger partial charge in [-0.15, -0.1) is 10.2 Å². The quantitative estimate of drug-likeness (QED) is 0.510. The van der Waals surface area contributed by atoms with Gasteiger partial charge in [-0.05, 0) is 18.1 Å². The molecule has 0 saturated heterocycles. The molecular weight excluding hydrogens is 387 g/mol. The molecule has 1 aromatic heterocycles. The molecule has 0 fully saturated rings. The Morgan fingerprint density at radius 2 is 1.89 bits per heavy atom. The van der Waals surface area contributed by atoms with E-state index in [1.807, 2.05) is 12.1 Å². The van der Waals surface area contributed by atoms with Crippen LogP contribution >= 0.6 is 22.9 Å². The van der Waals surface area contributed by atoms with Crippen molar-refractivity contribution >= 4 is 22.9 Å². The highest BCUT2D eigenvalue weighted by molar-refractivity contribution is 7.18. The molecule has 3 aromatic rings. The molecule has 4 nitrogen and oxygen atoms in total. The molecule has 0 saturated carbocycles. The van der Waals surface area contributed by atoms with E-state index >= 15 is 0 Å². The van der Waals surface area contributed by atoms with E-state index in [2.05, 4.69) is 29.3 Å². The highest BCUT2D eigenvalue weighted by Gasteiger charge is 2.16. The number of halogens is 2. The molecule has 7 heteroatoms. The van der Waals surface area contributed by atoms with Gasteiger partial charge in [0.25, 0.3) is 0 Å². The zero-order valence-corrected chi connectivity index (χ0v) is 16.5. The third-order valence-corrected chi connectivity index (χ3v) is 5.29. The van der Waals surface area contributed by atoms with Crippen molar-refractivity contribution in [2.75, 3.05) is 13.2 Å². The number of rotatable bonds is 8. The maximum absolute atomic E-state index is 14.3. The van der Waals surface area contributed by atoms with E-state index in [0.717, 1.165) is 23.4 Å². The summed E-state index contributed by atoms with van der Waals surface area (Å²) in [6, 6.07) is 11.0. The number of aliphatic hydroxyl groups excluding tert-OH is 1. The van der Waals surface area contributed by atoms with Crippen LogP contribution in [0.1, 0.15) is 25.3 Å². The van der Waals surface area contributed by atoms with Gasteiger partial charge in [-0.25, -0.2) is 4.39 Å². The first-order chi connectivity index (χ1) is 13.1. The summed E-state index contributed by atoms with van der Waals surface area (Å²) in [5.41, 5.74) is 2.74. The number of aromatic nitrogens is 2. The van der Waals surface area contributed by atoms with E-state index in [4.69, 9.17) is 21.4 Å². The summed E-state index contributed by atoms with van der Waals surface area (Å²) in [7, 11) is 0. The molecule has 3 rings (SSSR count). The van der Waals surface area contributed by atoms with Gasteiger partial charge in [0.15, 0.2) is 11.6 Å². The average Bonchev–Trinajstić information content (AvgIpc) is 3.15. The van der Waals surface area contributed by atoms with E-state index in [0.29, 0.717) is 22.0 Å². The number of aliphatic hydroxyl groups is 1. The third kappa shape index (κ3) is 4.83. The van der Waals surface area contributed by atoms with Crippen molar-refractivity contribution in [3.63, 3.8) is 0 Å². The number of aryl methyl sites for hydroxylation is 1. The van der Waals surface area contributed by atoms with E-state index in [9.17, 15) is 4.39 Å². The van der Waals surface area contributed by atoms with Crippen LogP contribution in [0.5, 0.6) is 5.75 Å². The zero-order valence-electron chi connectivity index (χ0n) is 14.9. The fourth-order valence-electron chi connectivity index (χ4n) is 2.60. The maximum atomic E-state index is 14.3. The number of hydrogen-bond acceptors (Lipinski definition) is 5. The molecule has 1 N–H and O–H groups in total. The highest BCUT2D eigenvalue weighted by Crippen LogP contribution is 2.37. The van der Waals surface area contributed by atoms with Crippen LogP contribution < -0.4 is 4.74 Å². The van der Waals surface area contributed by atoms with Crippen molar-refractivity contribution in [3.8, 4) is 26.9 Å². The van der Waals surface area contributed by atoms with E-state index in [1.165, 1.54) is 29.0 Å². The maximum Gasteiger partial charge on any atom is 0.165 e. The van der Waals surface area contributed by atoms with Crippen LogP contribution in [0, 0.1) is 5.82 Å². The second kappa shape index (κ2) is 9.26. The summed E-state index contributed by atoms with van der Waals surface area (Å²) < 4.78 is 19.6. The van der Waals surface area contributed by atoms with Gasteiger partial charge >= 0.3 is 0 Å². The molecule has 0 atom stereocenters. The SMILES string of the molecule is CCCc1ccc(-c2nnc(-c3cc(F)c(OCCCO)cc3Cl)s2)cc1. The Bertz CT molecular complexity index is 899. The van der Waals surface area contributed by atoms with Gasteiger partial charge in [-0.3, -0.25) is 0 Å². The molecule has 27 heavy (non-hydrogen) atoms. The first-order valence-corrected chi connectivity index (χ1v) is 9.97. The van der Waals surface area contributed by atoms with E-state index < -0.39 is 5.82 Å². The first kappa shape index (κ1) is 19.7. The van der Waals surface area contributed by atoms with Crippen molar-refractivity contribution in [1.82, 2.24) is 10.2 Å². The molecule has 0 radical (unpaired) electrons. The molecule has 0 amide bonds. The Labute approximate surface area is 166 Å². The summed E-state index contributed by atoms with van der Waals surface area (Å²) in [5, 5.41) is 18.8. The molecule has 1 heterocycles. The summed E-state index contributed by atoms with van der Waals surface area (Å²) in [6.07, 6.45) is 2.57. The van der Waals surface area contributed by atoms with Gasteiger partial charge in [-0.1, -0.05) is 60.5 Å². The molecular formula is C20H20ClFN2O2S. The molecule has 2 aromatic carbocycles. The van der Waals surface area contributed by atoms with Gasteiger partial charge in [0.2, 0.25) is 0 Å². The van der Waals surface area contributed by atoms with Gasteiger partial charge in [0.05, 0.1) is 11.6 Å². The van der Waals surface area contributed by atoms with Crippen molar-refractivity contribution in [3.05, 3.63) is 52.8 Å². The van der Waals surface area contributed by atoms with Gasteiger partial charge < -0.3 is 9.84 Å². The lowest BCUT2D eigenvalue weighted by atomic mass is 10.1. The van der Waals surface area contributed by atoms with Gasteiger partial charge in [-0.2, -0.15) is 0 Å². The number of ether oxygens (including phenoxy) is 1. The minimum atomic E-state index is -0.520. The number of nitrogens with zero attached hydrogens (tertiary/aromatic N) is 2. The molecule has 0 aliphatic rings. The fourth-order valence-corrected chi connectivity index (χ4v) is 3.78. The molecule has 0 spiro atoms. The van der Waals surface area contributed by atoms with Crippen LogP contribution in [0.15, 0.2) is 36.4 Å². The molecule has 0 bridgehead atoms. The summed E-state index contributed by atoms with van der Waals surface area (Å²) in [5.74, 6) is -0.457. The Kier molecular flexibility index (Phi) is 6.77. The second-order valence-electron chi connectivity index (χ2n) is 6.05. The van der Waals surface area contributed by atoms with Crippen molar-refractivity contribution in [1.29, 1.82) is 0 Å². The van der Waals surface area contributed by atoms with Crippen LogP contribution in [0.3, 0.4) is 0 Å². The summed E-state index contributed by atoms with van der Waals surface area (Å²) in [6.45, 7) is 2.36. The Morgan fingerprint density at radius 1 is 1.15 bits per heavy atom. The third-order valence-electron chi connectivity index (χ3n) is 3.98. The molecule has 142 valence electrons. The van der Waals surface area contributed by atoms with E-state index in [-0.39, 0.29) is 19.0 Å². The highest BCUT2D eigenvalue weighted by atomic mass is 35.5. The lowest BCUT2D eigenvalue weighted by Gasteiger charge is -2.08. The molecule has 0 unspecified atom stereocenters. The number of hydrogen-bond donors (Lipinski definition) is 1. The Morgan fingerprint density at radius 3 is 2.59 bits per heavy atom. The fraction of sp³-hybridized carbons (Fsp3) is 0.300. The summed E-state index contributed by atoms with van der Waals surface area (Å²) in [4.78, 5) is 0.